The number of H-pyrrole nitrogens is 1. The van der Waals surface area contributed by atoms with Crippen LogP contribution in [0, 0.1) is 4.77 Å². The first kappa shape index (κ1) is 13.5. The summed E-state index contributed by atoms with van der Waals surface area (Å²) in [6, 6.07) is 0. The molecule has 102 valence electrons. The van der Waals surface area contributed by atoms with Crippen molar-refractivity contribution in [2.75, 3.05) is 58.3 Å². The molecule has 1 aromatic rings. The van der Waals surface area contributed by atoms with Gasteiger partial charge in [-0.2, -0.15) is 0 Å². The van der Waals surface area contributed by atoms with Crippen molar-refractivity contribution >= 4 is 18.2 Å². The Balaban J connectivity index is 1.87. The van der Waals surface area contributed by atoms with Crippen LogP contribution in [-0.4, -0.2) is 77.9 Å². The van der Waals surface area contributed by atoms with E-state index in [1.165, 1.54) is 0 Å². The zero-order chi connectivity index (χ0) is 13.1. The summed E-state index contributed by atoms with van der Waals surface area (Å²) in [5, 5.41) is 7.12. The second-order valence-electron chi connectivity index (χ2n) is 5.02. The second kappa shape index (κ2) is 5.81. The number of likely N-dealkylation sites (N-methyl/N-ethyl adjacent to an activating group) is 1. The average Bonchev–Trinajstić information content (AvgIpc) is 2.68. The normalized spacial score (nSPS) is 17.7. The molecule has 1 aromatic heterocycles. The van der Waals surface area contributed by atoms with E-state index >= 15 is 0 Å². The Hall–Kier alpha value is -0.920. The molecular formula is C11H22N6S. The van der Waals surface area contributed by atoms with Gasteiger partial charge in [0.1, 0.15) is 0 Å². The van der Waals surface area contributed by atoms with Gasteiger partial charge in [-0.3, -0.25) is 9.47 Å². The lowest BCUT2D eigenvalue weighted by Crippen LogP contribution is -2.48. The highest BCUT2D eigenvalue weighted by Crippen LogP contribution is 2.12. The van der Waals surface area contributed by atoms with Gasteiger partial charge in [-0.15, -0.1) is 5.10 Å². The highest BCUT2D eigenvalue weighted by atomic mass is 32.1. The molecule has 18 heavy (non-hydrogen) atoms. The number of anilines is 1. The molecule has 0 unspecified atom stereocenters. The van der Waals surface area contributed by atoms with E-state index in [1.807, 2.05) is 11.6 Å². The molecule has 7 heteroatoms. The number of piperazine rings is 1. The van der Waals surface area contributed by atoms with Gasteiger partial charge < -0.3 is 9.80 Å². The lowest BCUT2D eigenvalue weighted by atomic mass is 10.3. The van der Waals surface area contributed by atoms with Crippen LogP contribution in [0.1, 0.15) is 0 Å². The Bertz CT molecular complexity index is 429. The summed E-state index contributed by atoms with van der Waals surface area (Å²) >= 11 is 5.14. The number of rotatable bonds is 4. The van der Waals surface area contributed by atoms with Crippen LogP contribution in [-0.2, 0) is 7.05 Å². The van der Waals surface area contributed by atoms with Crippen molar-refractivity contribution in [3.8, 4) is 0 Å². The van der Waals surface area contributed by atoms with Gasteiger partial charge in [-0.05, 0) is 26.3 Å². The summed E-state index contributed by atoms with van der Waals surface area (Å²) < 4.78 is 2.62. The SMILES string of the molecule is CN(C)CCN1CCN(c2n[nH]c(=S)n2C)CC1. The molecule has 2 rings (SSSR count). The number of hydrogen-bond acceptors (Lipinski definition) is 5. The molecule has 1 aliphatic rings. The molecule has 6 nitrogen and oxygen atoms in total. The number of nitrogens with one attached hydrogen (secondary N) is 1. The molecule has 0 aromatic carbocycles. The zero-order valence-corrected chi connectivity index (χ0v) is 12.2. The summed E-state index contributed by atoms with van der Waals surface area (Å²) in [4.78, 5) is 7.01. The number of nitrogens with zero attached hydrogens (tertiary/aromatic N) is 5. The van der Waals surface area contributed by atoms with Gasteiger partial charge in [0.25, 0.3) is 0 Å². The third-order valence-electron chi connectivity index (χ3n) is 3.37. The van der Waals surface area contributed by atoms with Crippen molar-refractivity contribution in [2.24, 2.45) is 7.05 Å². The van der Waals surface area contributed by atoms with E-state index in [1.54, 1.807) is 0 Å². The quantitative estimate of drug-likeness (QED) is 0.790. The van der Waals surface area contributed by atoms with Crippen molar-refractivity contribution in [3.63, 3.8) is 0 Å². The first-order chi connectivity index (χ1) is 8.58. The predicted octanol–water partition coefficient (Wildman–Crippen LogP) is 0.161. The number of hydrogen-bond donors (Lipinski definition) is 1. The van der Waals surface area contributed by atoms with Gasteiger partial charge in [0, 0.05) is 46.3 Å². The van der Waals surface area contributed by atoms with Crippen LogP contribution < -0.4 is 4.90 Å². The molecule has 0 amide bonds. The van der Waals surface area contributed by atoms with Crippen molar-refractivity contribution in [1.29, 1.82) is 0 Å². The summed E-state index contributed by atoms with van der Waals surface area (Å²) in [6.07, 6.45) is 0. The molecular weight excluding hydrogens is 248 g/mol. The number of aromatic amines is 1. The predicted molar refractivity (Wildman–Crippen MR) is 75.6 cm³/mol. The number of aromatic nitrogens is 3. The van der Waals surface area contributed by atoms with Crippen LogP contribution in [0.15, 0.2) is 0 Å². The molecule has 1 N–H and O–H groups in total. The van der Waals surface area contributed by atoms with Crippen LogP contribution >= 0.6 is 12.2 Å². The lowest BCUT2D eigenvalue weighted by molar-refractivity contribution is 0.228. The van der Waals surface area contributed by atoms with E-state index in [4.69, 9.17) is 12.2 Å². The fourth-order valence-corrected chi connectivity index (χ4v) is 2.26. The Labute approximate surface area is 113 Å². The van der Waals surface area contributed by atoms with E-state index in [2.05, 4.69) is 39.0 Å². The van der Waals surface area contributed by atoms with Gasteiger partial charge in [0.2, 0.25) is 5.95 Å². The minimum absolute atomic E-state index is 0.681. The molecule has 0 spiro atoms. The molecule has 0 bridgehead atoms. The first-order valence-corrected chi connectivity index (χ1v) is 6.72. The fraction of sp³-hybridized carbons (Fsp3) is 0.818. The van der Waals surface area contributed by atoms with E-state index in [0.29, 0.717) is 4.77 Å². The van der Waals surface area contributed by atoms with E-state index in [9.17, 15) is 0 Å². The van der Waals surface area contributed by atoms with Crippen LogP contribution in [0.3, 0.4) is 0 Å². The average molecular weight is 270 g/mol. The Morgan fingerprint density at radius 1 is 1.28 bits per heavy atom. The van der Waals surface area contributed by atoms with Crippen LogP contribution in [0.25, 0.3) is 0 Å². The van der Waals surface area contributed by atoms with E-state index in [0.717, 1.165) is 45.2 Å². The van der Waals surface area contributed by atoms with Gasteiger partial charge in [0.05, 0.1) is 0 Å². The smallest absolute Gasteiger partial charge is 0.225 e. The Morgan fingerprint density at radius 2 is 1.94 bits per heavy atom. The molecule has 1 fully saturated rings. The van der Waals surface area contributed by atoms with E-state index in [-0.39, 0.29) is 0 Å². The molecule has 0 radical (unpaired) electrons. The highest BCUT2D eigenvalue weighted by molar-refractivity contribution is 7.71. The van der Waals surface area contributed by atoms with Crippen molar-refractivity contribution in [1.82, 2.24) is 24.6 Å². The molecule has 0 saturated carbocycles. The Morgan fingerprint density at radius 3 is 2.44 bits per heavy atom. The van der Waals surface area contributed by atoms with Gasteiger partial charge in [-0.25, -0.2) is 5.10 Å². The summed E-state index contributed by atoms with van der Waals surface area (Å²) in [5.41, 5.74) is 0. The van der Waals surface area contributed by atoms with Crippen LogP contribution in [0.4, 0.5) is 5.95 Å². The molecule has 2 heterocycles. The van der Waals surface area contributed by atoms with Crippen LogP contribution in [0.2, 0.25) is 0 Å². The van der Waals surface area contributed by atoms with Crippen molar-refractivity contribution < 1.29 is 0 Å². The second-order valence-corrected chi connectivity index (χ2v) is 5.41. The molecule has 1 saturated heterocycles. The van der Waals surface area contributed by atoms with Gasteiger partial charge in [0.15, 0.2) is 4.77 Å². The summed E-state index contributed by atoms with van der Waals surface area (Å²) in [5.74, 6) is 0.951. The van der Waals surface area contributed by atoms with Gasteiger partial charge in [-0.1, -0.05) is 0 Å². The van der Waals surface area contributed by atoms with Crippen LogP contribution in [0.5, 0.6) is 0 Å². The minimum Gasteiger partial charge on any atom is -0.338 e. The maximum absolute atomic E-state index is 5.14. The summed E-state index contributed by atoms with van der Waals surface area (Å²) in [7, 11) is 6.19. The topological polar surface area (TPSA) is 43.3 Å². The standard InChI is InChI=1S/C11H22N6S/c1-14(2)4-5-16-6-8-17(9-7-16)10-12-13-11(18)15(10)3/h4-9H2,1-3H3,(H,13,18). The lowest BCUT2D eigenvalue weighted by Gasteiger charge is -2.35. The van der Waals surface area contributed by atoms with Gasteiger partial charge >= 0.3 is 0 Å². The van der Waals surface area contributed by atoms with Crippen molar-refractivity contribution in [2.45, 2.75) is 0 Å². The first-order valence-electron chi connectivity index (χ1n) is 6.31. The highest BCUT2D eigenvalue weighted by Gasteiger charge is 2.19. The maximum atomic E-state index is 5.14. The minimum atomic E-state index is 0.681. The molecule has 1 aliphatic heterocycles. The molecule has 0 atom stereocenters. The molecule has 0 aliphatic carbocycles. The maximum Gasteiger partial charge on any atom is 0.225 e. The third-order valence-corrected chi connectivity index (χ3v) is 3.74. The zero-order valence-electron chi connectivity index (χ0n) is 11.4. The summed E-state index contributed by atoms with van der Waals surface area (Å²) in [6.45, 7) is 6.47. The third kappa shape index (κ3) is 3.09. The monoisotopic (exact) mass is 270 g/mol. The Kier molecular flexibility index (Phi) is 4.36. The van der Waals surface area contributed by atoms with Crippen molar-refractivity contribution in [3.05, 3.63) is 4.77 Å². The largest absolute Gasteiger partial charge is 0.338 e. The van der Waals surface area contributed by atoms with E-state index < -0.39 is 0 Å². The fourth-order valence-electron chi connectivity index (χ4n) is 2.13.